The van der Waals surface area contributed by atoms with Crippen molar-refractivity contribution < 1.29 is 4.79 Å². The Labute approximate surface area is 149 Å². The first-order valence-corrected chi connectivity index (χ1v) is 7.95. The highest BCUT2D eigenvalue weighted by Gasteiger charge is 2.10. The number of amides is 1. The molecule has 0 atom stereocenters. The van der Waals surface area contributed by atoms with E-state index < -0.39 is 0 Å². The van der Waals surface area contributed by atoms with E-state index in [0.717, 1.165) is 11.3 Å². The third-order valence-electron chi connectivity index (χ3n) is 3.90. The van der Waals surface area contributed by atoms with Gasteiger partial charge in [-0.15, -0.1) is 5.10 Å². The summed E-state index contributed by atoms with van der Waals surface area (Å²) in [5.74, 6) is 0.440. The number of anilines is 1. The van der Waals surface area contributed by atoms with E-state index in [4.69, 9.17) is 0 Å². The van der Waals surface area contributed by atoms with Crippen LogP contribution in [0.5, 0.6) is 0 Å². The molecular weight excluding hydrogens is 330 g/mol. The van der Waals surface area contributed by atoms with Crippen molar-refractivity contribution in [2.45, 2.75) is 0 Å². The summed E-state index contributed by atoms with van der Waals surface area (Å²) >= 11 is 0. The average molecular weight is 345 g/mol. The van der Waals surface area contributed by atoms with Crippen LogP contribution in [0, 0.1) is 0 Å². The highest BCUT2D eigenvalue weighted by atomic mass is 16.1. The number of carbonyl (C=O) groups is 1. The largest absolute Gasteiger partial charge is 0.322 e. The van der Waals surface area contributed by atoms with Crippen LogP contribution in [0.1, 0.15) is 10.4 Å². The average Bonchev–Trinajstić information content (AvgIpc) is 3.34. The lowest BCUT2D eigenvalue weighted by Crippen LogP contribution is -2.12. The van der Waals surface area contributed by atoms with E-state index in [2.05, 4.69) is 25.9 Å². The van der Waals surface area contributed by atoms with Crippen molar-refractivity contribution in [3.8, 4) is 17.1 Å². The zero-order valence-corrected chi connectivity index (χ0v) is 13.9. The zero-order valence-electron chi connectivity index (χ0n) is 13.9. The van der Waals surface area contributed by atoms with Gasteiger partial charge in [0.1, 0.15) is 0 Å². The maximum absolute atomic E-state index is 12.5. The Kier molecular flexibility index (Phi) is 3.98. The molecular formula is C18H15N7O. The molecule has 8 heteroatoms. The molecule has 0 saturated carbocycles. The van der Waals surface area contributed by atoms with E-state index >= 15 is 0 Å². The second-order valence-corrected chi connectivity index (χ2v) is 5.66. The first-order chi connectivity index (χ1) is 12.7. The molecule has 0 aliphatic rings. The Morgan fingerprint density at radius 2 is 1.92 bits per heavy atom. The highest BCUT2D eigenvalue weighted by Crippen LogP contribution is 2.20. The van der Waals surface area contributed by atoms with E-state index in [1.54, 1.807) is 34.7 Å². The number of nitrogens with zero attached hydrogens (tertiary/aromatic N) is 6. The molecule has 8 nitrogen and oxygen atoms in total. The maximum Gasteiger partial charge on any atom is 0.255 e. The molecule has 2 aromatic heterocycles. The van der Waals surface area contributed by atoms with Gasteiger partial charge in [-0.1, -0.05) is 12.1 Å². The molecule has 0 radical (unpaired) electrons. The van der Waals surface area contributed by atoms with Gasteiger partial charge in [0.05, 0.1) is 5.69 Å². The Balaban J connectivity index is 1.52. The van der Waals surface area contributed by atoms with Crippen LogP contribution in [-0.4, -0.2) is 35.9 Å². The lowest BCUT2D eigenvalue weighted by molar-refractivity contribution is 0.102. The van der Waals surface area contributed by atoms with Crippen LogP contribution in [-0.2, 0) is 7.05 Å². The number of hydrogen-bond acceptors (Lipinski definition) is 5. The number of nitrogens with one attached hydrogen (secondary N) is 1. The van der Waals surface area contributed by atoms with Gasteiger partial charge in [-0.3, -0.25) is 4.79 Å². The Morgan fingerprint density at radius 1 is 1.08 bits per heavy atom. The Morgan fingerprint density at radius 3 is 2.62 bits per heavy atom. The number of benzene rings is 2. The van der Waals surface area contributed by atoms with E-state index in [1.165, 1.54) is 0 Å². The Hall–Kier alpha value is -3.81. The predicted octanol–water partition coefficient (Wildman–Crippen LogP) is 2.32. The van der Waals surface area contributed by atoms with Gasteiger partial charge in [0, 0.05) is 36.3 Å². The van der Waals surface area contributed by atoms with Crippen molar-refractivity contribution in [2.75, 3.05) is 5.32 Å². The fraction of sp³-hybridized carbons (Fsp3) is 0.0556. The van der Waals surface area contributed by atoms with Gasteiger partial charge in [0.25, 0.3) is 5.91 Å². The standard InChI is InChI=1S/C18H15N7O/c1-24-17(21-22-23-24)14-4-2-5-15(12-14)20-18(26)13-6-8-16(9-7-13)25-11-3-10-19-25/h2-12H,1H3,(H,20,26). The van der Waals surface area contributed by atoms with Crippen LogP contribution in [0.4, 0.5) is 5.69 Å². The van der Waals surface area contributed by atoms with E-state index in [-0.39, 0.29) is 5.91 Å². The number of carbonyl (C=O) groups excluding carboxylic acids is 1. The number of aromatic nitrogens is 6. The molecule has 0 bridgehead atoms. The normalized spacial score (nSPS) is 10.7. The second kappa shape index (κ2) is 6.60. The molecule has 1 amide bonds. The highest BCUT2D eigenvalue weighted by molar-refractivity contribution is 6.04. The maximum atomic E-state index is 12.5. The molecule has 0 spiro atoms. The lowest BCUT2D eigenvalue weighted by Gasteiger charge is -2.08. The summed E-state index contributed by atoms with van der Waals surface area (Å²) in [5.41, 5.74) is 2.95. The van der Waals surface area contributed by atoms with Gasteiger partial charge in [-0.05, 0) is 52.9 Å². The zero-order chi connectivity index (χ0) is 17.9. The predicted molar refractivity (Wildman–Crippen MR) is 95.8 cm³/mol. The first kappa shape index (κ1) is 15.7. The van der Waals surface area contributed by atoms with Crippen LogP contribution >= 0.6 is 0 Å². The van der Waals surface area contributed by atoms with Crippen LogP contribution in [0.3, 0.4) is 0 Å². The molecule has 0 saturated heterocycles. The summed E-state index contributed by atoms with van der Waals surface area (Å²) in [4.78, 5) is 12.5. The quantitative estimate of drug-likeness (QED) is 0.613. The number of rotatable bonds is 4. The summed E-state index contributed by atoms with van der Waals surface area (Å²) in [6.45, 7) is 0. The molecule has 0 aliphatic heterocycles. The molecule has 1 N–H and O–H groups in total. The topological polar surface area (TPSA) is 90.5 Å². The SMILES string of the molecule is Cn1nnnc1-c1cccc(NC(=O)c2ccc(-n3cccn3)cc2)c1. The first-order valence-electron chi connectivity index (χ1n) is 7.95. The van der Waals surface area contributed by atoms with Crippen LogP contribution in [0.25, 0.3) is 17.1 Å². The van der Waals surface area contributed by atoms with Gasteiger partial charge >= 0.3 is 0 Å². The molecule has 4 rings (SSSR count). The fourth-order valence-corrected chi connectivity index (χ4v) is 2.60. The van der Waals surface area contributed by atoms with Crippen molar-refractivity contribution in [3.63, 3.8) is 0 Å². The lowest BCUT2D eigenvalue weighted by atomic mass is 10.1. The molecule has 0 unspecified atom stereocenters. The van der Waals surface area contributed by atoms with Gasteiger partial charge < -0.3 is 5.32 Å². The van der Waals surface area contributed by atoms with Gasteiger partial charge in [-0.25, -0.2) is 9.36 Å². The van der Waals surface area contributed by atoms with Crippen LogP contribution in [0.15, 0.2) is 67.0 Å². The van der Waals surface area contributed by atoms with Crippen LogP contribution < -0.4 is 5.32 Å². The van der Waals surface area contributed by atoms with Gasteiger partial charge in [-0.2, -0.15) is 5.10 Å². The summed E-state index contributed by atoms with van der Waals surface area (Å²) in [6.07, 6.45) is 3.56. The number of hydrogen-bond donors (Lipinski definition) is 1. The minimum absolute atomic E-state index is 0.190. The third-order valence-corrected chi connectivity index (χ3v) is 3.90. The molecule has 0 aliphatic carbocycles. The van der Waals surface area contributed by atoms with E-state index in [0.29, 0.717) is 17.1 Å². The summed E-state index contributed by atoms with van der Waals surface area (Å²) in [6, 6.07) is 16.5. The minimum atomic E-state index is -0.190. The van der Waals surface area contributed by atoms with Crippen molar-refractivity contribution in [1.82, 2.24) is 30.0 Å². The second-order valence-electron chi connectivity index (χ2n) is 5.66. The molecule has 2 heterocycles. The van der Waals surface area contributed by atoms with E-state index in [9.17, 15) is 4.79 Å². The summed E-state index contributed by atoms with van der Waals surface area (Å²) < 4.78 is 3.31. The van der Waals surface area contributed by atoms with Crippen molar-refractivity contribution in [1.29, 1.82) is 0 Å². The Bertz CT molecular complexity index is 1040. The van der Waals surface area contributed by atoms with Crippen molar-refractivity contribution >= 4 is 11.6 Å². The summed E-state index contributed by atoms with van der Waals surface area (Å²) in [7, 11) is 1.77. The molecule has 26 heavy (non-hydrogen) atoms. The number of tetrazole rings is 1. The molecule has 128 valence electrons. The minimum Gasteiger partial charge on any atom is -0.322 e. The third kappa shape index (κ3) is 3.07. The smallest absolute Gasteiger partial charge is 0.255 e. The van der Waals surface area contributed by atoms with Crippen molar-refractivity contribution in [2.24, 2.45) is 7.05 Å². The monoisotopic (exact) mass is 345 g/mol. The van der Waals surface area contributed by atoms with Gasteiger partial charge in [0.2, 0.25) is 0 Å². The fourth-order valence-electron chi connectivity index (χ4n) is 2.60. The van der Waals surface area contributed by atoms with Gasteiger partial charge in [0.15, 0.2) is 5.82 Å². The number of aryl methyl sites for hydroxylation is 1. The van der Waals surface area contributed by atoms with E-state index in [1.807, 2.05) is 48.7 Å². The molecule has 0 fully saturated rings. The summed E-state index contributed by atoms with van der Waals surface area (Å²) in [5, 5.41) is 18.5. The molecule has 2 aromatic carbocycles. The van der Waals surface area contributed by atoms with Crippen molar-refractivity contribution in [3.05, 3.63) is 72.6 Å². The van der Waals surface area contributed by atoms with Crippen LogP contribution in [0.2, 0.25) is 0 Å². The molecule has 4 aromatic rings.